The molecule has 1 aliphatic heterocycles. The first kappa shape index (κ1) is 75.9. The maximum Gasteiger partial charge on any atom is 0.246 e. The van der Waals surface area contributed by atoms with Gasteiger partial charge in [-0.15, -0.1) is 0 Å². The summed E-state index contributed by atoms with van der Waals surface area (Å²) in [5.41, 5.74) is 0. The first-order valence-corrected chi connectivity index (χ1v) is 30.2. The highest BCUT2D eigenvalue weighted by Crippen LogP contribution is 2.24. The molecule has 0 spiro atoms. The molecule has 0 aromatic rings. The van der Waals surface area contributed by atoms with Crippen LogP contribution in [0.5, 0.6) is 0 Å². The van der Waals surface area contributed by atoms with Gasteiger partial charge < -0.3 is 61.1 Å². The largest absolute Gasteiger partial charge is 0.390 e. The quantitative estimate of drug-likeness (QED) is 0.129. The Labute approximate surface area is 502 Å². The van der Waals surface area contributed by atoms with Crippen LogP contribution in [0.3, 0.4) is 0 Å². The van der Waals surface area contributed by atoms with E-state index in [0.717, 1.165) is 9.80 Å². The number of nitrogens with one attached hydrogen (secondary N) is 5. The second kappa shape index (κ2) is 34.7. The molecule has 1 heterocycles. The summed E-state index contributed by atoms with van der Waals surface area (Å²) in [4.78, 5) is 166. The molecular formula is C61H109N11O12. The average molecular weight is 1190 g/mol. The highest BCUT2D eigenvalue weighted by atomic mass is 16.3. The van der Waals surface area contributed by atoms with Crippen LogP contribution in [0, 0.1) is 41.4 Å². The Kier molecular flexibility index (Phi) is 31.4. The Morgan fingerprint density at radius 3 is 1.35 bits per heavy atom. The Morgan fingerprint density at radius 1 is 0.464 bits per heavy atom. The molecule has 1 rings (SSSR count). The van der Waals surface area contributed by atoms with E-state index >= 15 is 4.79 Å². The molecule has 6 N–H and O–H groups in total. The molecule has 1 aliphatic rings. The molecule has 84 heavy (non-hydrogen) atoms. The van der Waals surface area contributed by atoms with Crippen molar-refractivity contribution in [3.8, 4) is 0 Å². The van der Waals surface area contributed by atoms with Gasteiger partial charge in [0.2, 0.25) is 65.0 Å². The van der Waals surface area contributed by atoms with Crippen molar-refractivity contribution in [3.05, 3.63) is 12.2 Å². The topological polar surface area (TPSA) is 288 Å². The molecular weight excluding hydrogens is 1080 g/mol. The monoisotopic (exact) mass is 1190 g/mol. The highest BCUT2D eigenvalue weighted by molar-refractivity contribution is 5.99. The van der Waals surface area contributed by atoms with Gasteiger partial charge in [-0.2, -0.15) is 0 Å². The van der Waals surface area contributed by atoms with Gasteiger partial charge in [0.15, 0.2) is 0 Å². The predicted octanol–water partition coefficient (Wildman–Crippen LogP) is 2.93. The van der Waals surface area contributed by atoms with Crippen LogP contribution in [0.2, 0.25) is 0 Å². The van der Waals surface area contributed by atoms with E-state index in [1.54, 1.807) is 60.6 Å². The van der Waals surface area contributed by atoms with Gasteiger partial charge in [-0.1, -0.05) is 109 Å². The van der Waals surface area contributed by atoms with E-state index < -0.39 is 156 Å². The molecule has 11 amide bonds. The Morgan fingerprint density at radius 2 is 0.893 bits per heavy atom. The molecule has 480 valence electrons. The van der Waals surface area contributed by atoms with Crippen molar-refractivity contribution in [2.75, 3.05) is 48.8 Å². The molecule has 0 bridgehead atoms. The lowest BCUT2D eigenvalue weighted by Crippen LogP contribution is -2.63. The van der Waals surface area contributed by atoms with Crippen molar-refractivity contribution in [3.63, 3.8) is 0 Å². The SMILES string of the molecule is C/C=C/CC(C)C(O)[C@H]1C(=O)N[C@@H](CC)C(=O)N(C)CC(=O)N(C)[C@@H](CC(C)C)C(=O)N[C@@H](C(C)C)C(=O)N(C)[C@@H](CC(C)C)C(=O)N[C@@H](C)C(=O)N[C@@H](C)C(=O)N(C)[C@@H](CC(C)C)C(=O)N[C@@H](CC(C)C)C(=O)N(C)[C@@H](C(C)C)C(=O)N1C. The first-order chi connectivity index (χ1) is 38.8. The minimum atomic E-state index is -1.61. The van der Waals surface area contributed by atoms with Gasteiger partial charge in [0.1, 0.15) is 60.4 Å². The molecule has 0 aliphatic carbocycles. The zero-order valence-corrected chi connectivity index (χ0v) is 55.1. The third-order valence-electron chi connectivity index (χ3n) is 15.6. The number of nitrogens with zero attached hydrogens (tertiary/aromatic N) is 6. The third kappa shape index (κ3) is 21.7. The lowest BCUT2D eigenvalue weighted by Gasteiger charge is -2.40. The summed E-state index contributed by atoms with van der Waals surface area (Å²) in [6, 6.07) is -12.4. The van der Waals surface area contributed by atoms with Crippen molar-refractivity contribution < 1.29 is 57.8 Å². The van der Waals surface area contributed by atoms with E-state index in [4.69, 9.17) is 0 Å². The lowest BCUT2D eigenvalue weighted by molar-refractivity contribution is -0.154. The fourth-order valence-electron chi connectivity index (χ4n) is 10.4. The van der Waals surface area contributed by atoms with E-state index in [9.17, 15) is 53.1 Å². The van der Waals surface area contributed by atoms with Crippen molar-refractivity contribution >= 4 is 65.0 Å². The molecule has 23 nitrogen and oxygen atoms in total. The number of rotatable bonds is 15. The van der Waals surface area contributed by atoms with Crippen molar-refractivity contribution in [2.24, 2.45) is 41.4 Å². The average Bonchev–Trinajstić information content (AvgIpc) is 3.47. The van der Waals surface area contributed by atoms with Gasteiger partial charge in [-0.3, -0.25) is 52.7 Å². The zero-order chi connectivity index (χ0) is 65.1. The summed E-state index contributed by atoms with van der Waals surface area (Å²) in [7, 11) is 8.39. The smallest absolute Gasteiger partial charge is 0.246 e. The number of hydrogen-bond donors (Lipinski definition) is 6. The van der Waals surface area contributed by atoms with Gasteiger partial charge in [-0.25, -0.2) is 0 Å². The number of aliphatic hydroxyl groups excluding tert-OH is 1. The van der Waals surface area contributed by atoms with Crippen molar-refractivity contribution in [1.82, 2.24) is 56.0 Å². The fourth-order valence-corrected chi connectivity index (χ4v) is 10.4. The molecule has 2 unspecified atom stereocenters. The number of hydrogen-bond acceptors (Lipinski definition) is 12. The second-order valence-corrected chi connectivity index (χ2v) is 25.7. The zero-order valence-electron chi connectivity index (χ0n) is 55.1. The van der Waals surface area contributed by atoms with Crippen LogP contribution in [0.15, 0.2) is 12.2 Å². The number of likely N-dealkylation sites (N-methyl/N-ethyl adjacent to an activating group) is 6. The Hall–Kier alpha value is -6.13. The van der Waals surface area contributed by atoms with Crippen molar-refractivity contribution in [2.45, 2.75) is 223 Å². The predicted molar refractivity (Wildman–Crippen MR) is 324 cm³/mol. The maximum atomic E-state index is 15.0. The van der Waals surface area contributed by atoms with Crippen LogP contribution in [0.1, 0.15) is 156 Å². The molecule has 1 saturated heterocycles. The second-order valence-electron chi connectivity index (χ2n) is 25.7. The lowest BCUT2D eigenvalue weighted by atomic mass is 9.91. The molecule has 12 atom stereocenters. The number of allylic oxidation sites excluding steroid dienone is 2. The molecule has 0 aromatic heterocycles. The van der Waals surface area contributed by atoms with Crippen LogP contribution in [0.4, 0.5) is 0 Å². The van der Waals surface area contributed by atoms with Gasteiger partial charge in [0.25, 0.3) is 0 Å². The van der Waals surface area contributed by atoms with Gasteiger partial charge in [-0.05, 0) is 101 Å². The van der Waals surface area contributed by atoms with Gasteiger partial charge >= 0.3 is 0 Å². The summed E-state index contributed by atoms with van der Waals surface area (Å²) in [5.74, 6) is -9.87. The minimum absolute atomic E-state index is 0.0224. The summed E-state index contributed by atoms with van der Waals surface area (Å²) in [6.07, 6.45) is 3.00. The van der Waals surface area contributed by atoms with Crippen LogP contribution in [0.25, 0.3) is 0 Å². The number of carbonyl (C=O) groups is 11. The molecule has 0 radical (unpaired) electrons. The third-order valence-corrected chi connectivity index (χ3v) is 15.6. The van der Waals surface area contributed by atoms with Crippen molar-refractivity contribution in [1.29, 1.82) is 0 Å². The molecule has 1 fully saturated rings. The first-order valence-electron chi connectivity index (χ1n) is 30.2. The Bertz CT molecular complexity index is 2290. The van der Waals surface area contributed by atoms with Gasteiger partial charge in [0.05, 0.1) is 12.6 Å². The van der Waals surface area contributed by atoms with E-state index in [1.807, 2.05) is 55.4 Å². The van der Waals surface area contributed by atoms with Gasteiger partial charge in [0, 0.05) is 42.3 Å². The maximum absolute atomic E-state index is 15.0. The Balaban J connectivity index is 4.27. The van der Waals surface area contributed by atoms with Crippen LogP contribution >= 0.6 is 0 Å². The molecule has 0 aromatic carbocycles. The van der Waals surface area contributed by atoms with E-state index in [1.165, 1.54) is 75.7 Å². The van der Waals surface area contributed by atoms with Crippen LogP contribution in [-0.4, -0.2) is 215 Å². The summed E-state index contributed by atoms with van der Waals surface area (Å²) >= 11 is 0. The van der Waals surface area contributed by atoms with E-state index in [0.29, 0.717) is 6.42 Å². The van der Waals surface area contributed by atoms with E-state index in [2.05, 4.69) is 26.6 Å². The number of carbonyl (C=O) groups excluding carboxylic acids is 11. The molecule has 0 saturated carbocycles. The minimum Gasteiger partial charge on any atom is -0.390 e. The fraction of sp³-hybridized carbons (Fsp3) is 0.787. The normalized spacial score (nSPS) is 27.0. The van der Waals surface area contributed by atoms with E-state index in [-0.39, 0.29) is 55.8 Å². The number of amides is 11. The summed E-state index contributed by atoms with van der Waals surface area (Å²) in [5, 5.41) is 25.9. The molecule has 23 heteroatoms. The number of aliphatic hydroxyl groups is 1. The van der Waals surface area contributed by atoms with Crippen LogP contribution < -0.4 is 26.6 Å². The standard InChI is InChI=1S/C61H109N11O12/c1-24-26-27-39(15)51(74)50-56(79)64-42(25-2)58(81)67(18)32-47(73)68(19)44(29-34(5)6)55(78)66-48(37(11)12)60(83)70(21)45(30-35(7)8)53(76)62-40(16)52(75)63-41(17)57(80)69(20)46(31-36(9)10)54(77)65-43(28-33(3)4)59(82)71(22)49(38(13)14)61(84)72(50)23/h24,26,33-46,48-51,74H,25,27-32H2,1-23H3,(H,62,76)(H,63,75)(H,64,79)(H,65,77)(H,66,78)/b26-24+/t39?,40-,41-,42-,43-,44-,45-,46-,48-,49-,50-,51?/m0/s1. The van der Waals surface area contributed by atoms with Crippen LogP contribution in [-0.2, 0) is 52.7 Å². The highest BCUT2D eigenvalue weighted by Gasteiger charge is 2.45. The summed E-state index contributed by atoms with van der Waals surface area (Å²) < 4.78 is 0. The summed E-state index contributed by atoms with van der Waals surface area (Å²) in [6.45, 7) is 29.2.